The summed E-state index contributed by atoms with van der Waals surface area (Å²) < 4.78 is 5.27. The molecule has 2 aromatic carbocycles. The Bertz CT molecular complexity index is 616. The fourth-order valence-electron chi connectivity index (χ4n) is 2.87. The van der Waals surface area contributed by atoms with Gasteiger partial charge in [-0.3, -0.25) is 4.90 Å². The number of rotatable bonds is 5. The Labute approximate surface area is 137 Å². The zero-order valence-corrected chi connectivity index (χ0v) is 13.2. The summed E-state index contributed by atoms with van der Waals surface area (Å²) >= 11 is 0. The van der Waals surface area contributed by atoms with E-state index in [4.69, 9.17) is 4.74 Å². The lowest BCUT2D eigenvalue weighted by atomic mass is 10.2. The van der Waals surface area contributed by atoms with Crippen LogP contribution in [0, 0.1) is 0 Å². The van der Waals surface area contributed by atoms with Crippen molar-refractivity contribution in [1.82, 2.24) is 10.2 Å². The summed E-state index contributed by atoms with van der Waals surface area (Å²) in [5.74, 6) is 0. The molecule has 0 aliphatic carbocycles. The Balaban J connectivity index is 1.40. The predicted molar refractivity (Wildman–Crippen MR) is 89.9 cm³/mol. The number of carbonyl (C=O) groups is 1. The molecule has 1 saturated heterocycles. The maximum atomic E-state index is 11.9. The third-order valence-electron chi connectivity index (χ3n) is 4.06. The van der Waals surface area contributed by atoms with Gasteiger partial charge in [-0.1, -0.05) is 60.7 Å². The first-order valence-electron chi connectivity index (χ1n) is 8.03. The maximum absolute atomic E-state index is 11.9. The normalized spacial score (nSPS) is 17.8. The smallest absolute Gasteiger partial charge is 0.407 e. The minimum Gasteiger partial charge on any atom is -0.445 e. The third-order valence-corrected chi connectivity index (χ3v) is 4.06. The molecule has 0 bridgehead atoms. The summed E-state index contributed by atoms with van der Waals surface area (Å²) in [7, 11) is 0. The molecule has 0 saturated carbocycles. The second kappa shape index (κ2) is 7.79. The van der Waals surface area contributed by atoms with Gasteiger partial charge in [-0.05, 0) is 17.5 Å². The fraction of sp³-hybridized carbons (Fsp3) is 0.316. The second-order valence-corrected chi connectivity index (χ2v) is 5.91. The molecule has 1 fully saturated rings. The minimum absolute atomic E-state index is 0.169. The topological polar surface area (TPSA) is 41.6 Å². The molecule has 0 radical (unpaired) electrons. The third kappa shape index (κ3) is 4.83. The van der Waals surface area contributed by atoms with Crippen LogP contribution in [0.25, 0.3) is 0 Å². The average Bonchev–Trinajstić information content (AvgIpc) is 3.02. The molecule has 1 amide bonds. The highest BCUT2D eigenvalue weighted by atomic mass is 16.5. The van der Waals surface area contributed by atoms with Gasteiger partial charge in [0.2, 0.25) is 0 Å². The highest BCUT2D eigenvalue weighted by molar-refractivity contribution is 5.67. The summed E-state index contributed by atoms with van der Waals surface area (Å²) in [5, 5.41) is 2.96. The summed E-state index contributed by atoms with van der Waals surface area (Å²) in [5.41, 5.74) is 2.31. The predicted octanol–water partition coefficient (Wildman–Crippen LogP) is 3.19. The van der Waals surface area contributed by atoms with Gasteiger partial charge in [0.25, 0.3) is 0 Å². The van der Waals surface area contributed by atoms with Crippen molar-refractivity contribution < 1.29 is 9.53 Å². The van der Waals surface area contributed by atoms with Crippen molar-refractivity contribution in [2.24, 2.45) is 0 Å². The summed E-state index contributed by atoms with van der Waals surface area (Å²) in [6.45, 7) is 3.11. The summed E-state index contributed by atoms with van der Waals surface area (Å²) in [6.07, 6.45) is 0.633. The number of likely N-dealkylation sites (tertiary alicyclic amines) is 1. The zero-order chi connectivity index (χ0) is 15.9. The van der Waals surface area contributed by atoms with Gasteiger partial charge in [0, 0.05) is 25.7 Å². The van der Waals surface area contributed by atoms with E-state index in [1.165, 1.54) is 5.56 Å². The van der Waals surface area contributed by atoms with E-state index in [-0.39, 0.29) is 12.1 Å². The lowest BCUT2D eigenvalue weighted by molar-refractivity contribution is 0.135. The van der Waals surface area contributed by atoms with Crippen molar-refractivity contribution in [3.8, 4) is 0 Å². The highest BCUT2D eigenvalue weighted by Crippen LogP contribution is 2.13. The van der Waals surface area contributed by atoms with Gasteiger partial charge in [0.1, 0.15) is 6.61 Å². The first kappa shape index (κ1) is 15.6. The van der Waals surface area contributed by atoms with Gasteiger partial charge in [-0.25, -0.2) is 4.79 Å². The molecule has 1 unspecified atom stereocenters. The minimum atomic E-state index is -0.333. The van der Waals surface area contributed by atoms with Crippen LogP contribution in [0.2, 0.25) is 0 Å². The first-order valence-corrected chi connectivity index (χ1v) is 8.03. The van der Waals surface area contributed by atoms with E-state index < -0.39 is 0 Å². The van der Waals surface area contributed by atoms with Gasteiger partial charge >= 0.3 is 6.09 Å². The van der Waals surface area contributed by atoms with Crippen molar-refractivity contribution in [1.29, 1.82) is 0 Å². The van der Waals surface area contributed by atoms with E-state index >= 15 is 0 Å². The first-order chi connectivity index (χ1) is 11.3. The SMILES string of the molecule is O=C(NC1CCN(Cc2ccccc2)C1)OCc1ccccc1. The number of nitrogens with zero attached hydrogens (tertiary/aromatic N) is 1. The van der Waals surface area contributed by atoms with Crippen molar-refractivity contribution in [3.63, 3.8) is 0 Å². The largest absolute Gasteiger partial charge is 0.445 e. The van der Waals surface area contributed by atoms with Crippen LogP contribution in [0.4, 0.5) is 4.79 Å². The molecular formula is C19H22N2O2. The molecule has 120 valence electrons. The monoisotopic (exact) mass is 310 g/mol. The summed E-state index contributed by atoms with van der Waals surface area (Å²) in [4.78, 5) is 14.2. The van der Waals surface area contributed by atoms with E-state index in [1.807, 2.05) is 36.4 Å². The molecule has 1 aliphatic heterocycles. The van der Waals surface area contributed by atoms with Crippen molar-refractivity contribution in [2.75, 3.05) is 13.1 Å². The number of alkyl carbamates (subject to hydrolysis) is 1. The highest BCUT2D eigenvalue weighted by Gasteiger charge is 2.24. The molecule has 0 spiro atoms. The van der Waals surface area contributed by atoms with Crippen LogP contribution in [-0.4, -0.2) is 30.1 Å². The van der Waals surface area contributed by atoms with E-state index in [0.29, 0.717) is 6.61 Å². The quantitative estimate of drug-likeness (QED) is 0.922. The van der Waals surface area contributed by atoms with Gasteiger partial charge in [-0.2, -0.15) is 0 Å². The van der Waals surface area contributed by atoms with Crippen molar-refractivity contribution >= 4 is 6.09 Å². The van der Waals surface area contributed by atoms with Gasteiger partial charge < -0.3 is 10.1 Å². The van der Waals surface area contributed by atoms with Crippen LogP contribution in [0.15, 0.2) is 60.7 Å². The molecular weight excluding hydrogens is 288 g/mol. The fourth-order valence-corrected chi connectivity index (χ4v) is 2.87. The van der Waals surface area contributed by atoms with Crippen LogP contribution >= 0.6 is 0 Å². The van der Waals surface area contributed by atoms with Crippen LogP contribution in [0.1, 0.15) is 17.5 Å². The summed E-state index contributed by atoms with van der Waals surface area (Å²) in [6, 6.07) is 20.3. The van der Waals surface area contributed by atoms with E-state index in [1.54, 1.807) is 0 Å². The Morgan fingerprint density at radius 2 is 1.70 bits per heavy atom. The molecule has 1 N–H and O–H groups in total. The molecule has 4 nitrogen and oxygen atoms in total. The van der Waals surface area contributed by atoms with Gasteiger partial charge in [0.05, 0.1) is 0 Å². The van der Waals surface area contributed by atoms with E-state index in [2.05, 4.69) is 34.5 Å². The number of benzene rings is 2. The van der Waals surface area contributed by atoms with E-state index in [0.717, 1.165) is 31.6 Å². The number of carbonyl (C=O) groups excluding carboxylic acids is 1. The van der Waals surface area contributed by atoms with Gasteiger partial charge in [-0.15, -0.1) is 0 Å². The molecule has 3 rings (SSSR count). The molecule has 1 heterocycles. The molecule has 0 aromatic heterocycles. The van der Waals surface area contributed by atoms with Crippen molar-refractivity contribution in [2.45, 2.75) is 25.6 Å². The van der Waals surface area contributed by atoms with Crippen LogP contribution < -0.4 is 5.32 Å². The Morgan fingerprint density at radius 1 is 1.04 bits per heavy atom. The lowest BCUT2D eigenvalue weighted by Gasteiger charge is -2.16. The Hall–Kier alpha value is -2.33. The Morgan fingerprint density at radius 3 is 2.39 bits per heavy atom. The van der Waals surface area contributed by atoms with Gasteiger partial charge in [0.15, 0.2) is 0 Å². The average molecular weight is 310 g/mol. The molecule has 2 aromatic rings. The number of ether oxygens (including phenoxy) is 1. The second-order valence-electron chi connectivity index (χ2n) is 5.91. The standard InChI is InChI=1S/C19H22N2O2/c22-19(23-15-17-9-5-2-6-10-17)20-18-11-12-21(14-18)13-16-7-3-1-4-8-16/h1-10,18H,11-15H2,(H,20,22). The van der Waals surface area contributed by atoms with Crippen molar-refractivity contribution in [3.05, 3.63) is 71.8 Å². The molecule has 23 heavy (non-hydrogen) atoms. The number of hydrogen-bond acceptors (Lipinski definition) is 3. The number of nitrogens with one attached hydrogen (secondary N) is 1. The van der Waals surface area contributed by atoms with Crippen LogP contribution in [-0.2, 0) is 17.9 Å². The number of hydrogen-bond donors (Lipinski definition) is 1. The maximum Gasteiger partial charge on any atom is 0.407 e. The number of amides is 1. The zero-order valence-electron chi connectivity index (χ0n) is 13.2. The molecule has 1 aliphatic rings. The van der Waals surface area contributed by atoms with Crippen LogP contribution in [0.5, 0.6) is 0 Å². The Kier molecular flexibility index (Phi) is 5.27. The van der Waals surface area contributed by atoms with E-state index in [9.17, 15) is 4.79 Å². The molecule has 1 atom stereocenters. The lowest BCUT2D eigenvalue weighted by Crippen LogP contribution is -2.37. The van der Waals surface area contributed by atoms with Crippen LogP contribution in [0.3, 0.4) is 0 Å². The molecule has 4 heteroatoms.